The zero-order valence-electron chi connectivity index (χ0n) is 21.7. The van der Waals surface area contributed by atoms with Crippen LogP contribution in [0, 0.1) is 11.8 Å². The molecule has 9 nitrogen and oxygen atoms in total. The number of ether oxygens (including phenoxy) is 8. The van der Waals surface area contributed by atoms with Crippen LogP contribution in [0.4, 0.5) is 4.79 Å². The minimum absolute atomic E-state index is 0.0356. The lowest BCUT2D eigenvalue weighted by Crippen LogP contribution is -2.55. The molecule has 200 valence electrons. The summed E-state index contributed by atoms with van der Waals surface area (Å²) in [5.74, 6) is 2.37. The van der Waals surface area contributed by atoms with Crippen LogP contribution in [-0.4, -0.2) is 63.5 Å². The van der Waals surface area contributed by atoms with Crippen LogP contribution in [0.1, 0.15) is 50.7 Å². The number of methoxy groups -OCH3 is 2. The largest absolute Gasteiger partial charge is 0.513 e. The number of carbonyl (C=O) groups excluding carboxylic acids is 1. The standard InChI is InChI=1S/C28H34O9/c1-27(2)36-22-19(33-25(31-4)23(22)37-27)13-32-26(29)34-18-10-8-16-14-6-5-11-28(16)20-15(12-14)7-9-17(30-3)21(20)35-24(18)28/h7,9-10,14,16,19,22-25H,5-6,8,11-13H2,1-4H3/t14-,16?,19-,22?,23?,24?,25-,28?/m1/s1. The van der Waals surface area contributed by atoms with E-state index in [1.807, 2.05) is 26.0 Å². The third-order valence-electron chi connectivity index (χ3n) is 9.21. The topological polar surface area (TPSA) is 90.9 Å². The predicted molar refractivity (Wildman–Crippen MR) is 128 cm³/mol. The van der Waals surface area contributed by atoms with Gasteiger partial charge in [-0.25, -0.2) is 4.79 Å². The molecule has 0 radical (unpaired) electrons. The molecule has 5 unspecified atom stereocenters. The Balaban J connectivity index is 1.09. The van der Waals surface area contributed by atoms with Gasteiger partial charge in [0.2, 0.25) is 0 Å². The van der Waals surface area contributed by atoms with Crippen LogP contribution in [-0.2, 0) is 40.3 Å². The van der Waals surface area contributed by atoms with Crippen LogP contribution in [0.25, 0.3) is 0 Å². The number of rotatable bonds is 5. The average molecular weight is 515 g/mol. The second kappa shape index (κ2) is 8.33. The van der Waals surface area contributed by atoms with Crippen LogP contribution in [0.3, 0.4) is 0 Å². The van der Waals surface area contributed by atoms with Crippen molar-refractivity contribution < 1.29 is 42.7 Å². The molecule has 1 aromatic carbocycles. The van der Waals surface area contributed by atoms with E-state index in [0.29, 0.717) is 17.6 Å². The Kier molecular flexibility index (Phi) is 5.35. The Labute approximate surface area is 216 Å². The van der Waals surface area contributed by atoms with E-state index in [9.17, 15) is 4.79 Å². The van der Waals surface area contributed by atoms with E-state index in [-0.39, 0.29) is 24.2 Å². The van der Waals surface area contributed by atoms with Gasteiger partial charge >= 0.3 is 6.16 Å². The van der Waals surface area contributed by atoms with E-state index in [1.54, 1.807) is 14.2 Å². The lowest BCUT2D eigenvalue weighted by atomic mass is 9.49. The summed E-state index contributed by atoms with van der Waals surface area (Å²) < 4.78 is 46.8. The first-order valence-electron chi connectivity index (χ1n) is 13.3. The Bertz CT molecular complexity index is 1140. The summed E-state index contributed by atoms with van der Waals surface area (Å²) in [6.07, 6.45) is 4.25. The third-order valence-corrected chi connectivity index (χ3v) is 9.21. The summed E-state index contributed by atoms with van der Waals surface area (Å²) in [5.41, 5.74) is 2.40. The molecular formula is C28H34O9. The molecule has 0 aromatic heterocycles. The molecule has 3 aliphatic heterocycles. The minimum Gasteiger partial charge on any atom is -0.493 e. The SMILES string of the molecule is COc1ccc2c3c1OC1C(OC(=O)OC[C@H]4O[C@@H](OC)C5OC(C)(C)OC54)=CCC4[C@H](CCCC314)C2. The molecule has 6 aliphatic rings. The summed E-state index contributed by atoms with van der Waals surface area (Å²) in [5, 5.41) is 0. The Morgan fingerprint density at radius 1 is 1.16 bits per heavy atom. The highest BCUT2D eigenvalue weighted by Crippen LogP contribution is 2.65. The normalized spacial score (nSPS) is 39.8. The fourth-order valence-corrected chi connectivity index (χ4v) is 7.95. The van der Waals surface area contributed by atoms with Crippen molar-refractivity contribution in [1.29, 1.82) is 0 Å². The fraction of sp³-hybridized carbons (Fsp3) is 0.679. The number of carbonyl (C=O) groups is 1. The third kappa shape index (κ3) is 3.40. The van der Waals surface area contributed by atoms with E-state index in [1.165, 1.54) is 17.5 Å². The molecule has 1 spiro atoms. The van der Waals surface area contributed by atoms with Gasteiger partial charge in [-0.2, -0.15) is 0 Å². The van der Waals surface area contributed by atoms with Crippen molar-refractivity contribution in [2.45, 2.75) is 87.9 Å². The first-order valence-corrected chi connectivity index (χ1v) is 13.3. The quantitative estimate of drug-likeness (QED) is 0.541. The van der Waals surface area contributed by atoms with Crippen LogP contribution in [0.15, 0.2) is 24.0 Å². The molecular weight excluding hydrogens is 480 g/mol. The van der Waals surface area contributed by atoms with E-state index in [0.717, 1.165) is 37.2 Å². The molecule has 0 amide bonds. The Hall–Kier alpha value is -2.33. The predicted octanol–water partition coefficient (Wildman–Crippen LogP) is 4.00. The Morgan fingerprint density at radius 2 is 2.00 bits per heavy atom. The number of allylic oxidation sites excluding steroid dienone is 1. The van der Waals surface area contributed by atoms with Gasteiger partial charge < -0.3 is 37.9 Å². The van der Waals surface area contributed by atoms with Gasteiger partial charge in [0.15, 0.2) is 29.7 Å². The van der Waals surface area contributed by atoms with E-state index in [4.69, 9.17) is 37.9 Å². The molecule has 0 N–H and O–H groups in total. The molecule has 3 aliphatic carbocycles. The molecule has 2 bridgehead atoms. The van der Waals surface area contributed by atoms with Gasteiger partial charge in [0.25, 0.3) is 0 Å². The number of benzene rings is 1. The first kappa shape index (κ1) is 23.8. The highest BCUT2D eigenvalue weighted by Gasteiger charge is 2.64. The molecule has 2 saturated heterocycles. The molecule has 1 saturated carbocycles. The van der Waals surface area contributed by atoms with Crippen molar-refractivity contribution in [3.8, 4) is 11.5 Å². The molecule has 7 rings (SSSR count). The van der Waals surface area contributed by atoms with Crippen molar-refractivity contribution >= 4 is 6.16 Å². The average Bonchev–Trinajstić information content (AvgIpc) is 3.49. The summed E-state index contributed by atoms with van der Waals surface area (Å²) >= 11 is 0. The van der Waals surface area contributed by atoms with Crippen molar-refractivity contribution in [3.63, 3.8) is 0 Å². The molecule has 37 heavy (non-hydrogen) atoms. The van der Waals surface area contributed by atoms with Gasteiger partial charge in [0.1, 0.15) is 30.7 Å². The van der Waals surface area contributed by atoms with E-state index >= 15 is 0 Å². The molecule has 9 heteroatoms. The summed E-state index contributed by atoms with van der Waals surface area (Å²) in [6, 6.07) is 4.18. The molecule has 8 atom stereocenters. The van der Waals surface area contributed by atoms with Crippen molar-refractivity contribution in [3.05, 3.63) is 35.1 Å². The summed E-state index contributed by atoms with van der Waals surface area (Å²) in [6.45, 7) is 3.65. The van der Waals surface area contributed by atoms with Gasteiger partial charge in [-0.05, 0) is 69.1 Å². The minimum atomic E-state index is -0.782. The molecule has 3 fully saturated rings. The number of fused-ring (bicyclic) bond motifs is 1. The Morgan fingerprint density at radius 3 is 2.81 bits per heavy atom. The van der Waals surface area contributed by atoms with Crippen LogP contribution in [0.5, 0.6) is 11.5 Å². The van der Waals surface area contributed by atoms with Crippen molar-refractivity contribution in [2.75, 3.05) is 20.8 Å². The van der Waals surface area contributed by atoms with Crippen LogP contribution >= 0.6 is 0 Å². The first-order chi connectivity index (χ1) is 17.8. The monoisotopic (exact) mass is 514 g/mol. The fourth-order valence-electron chi connectivity index (χ4n) is 7.95. The maximum Gasteiger partial charge on any atom is 0.513 e. The molecule has 1 aromatic rings. The summed E-state index contributed by atoms with van der Waals surface area (Å²) in [4.78, 5) is 12.9. The van der Waals surface area contributed by atoms with Crippen LogP contribution in [0.2, 0.25) is 0 Å². The lowest BCUT2D eigenvalue weighted by Gasteiger charge is -2.53. The van der Waals surface area contributed by atoms with Gasteiger partial charge in [-0.15, -0.1) is 0 Å². The van der Waals surface area contributed by atoms with Gasteiger partial charge in [-0.3, -0.25) is 0 Å². The van der Waals surface area contributed by atoms with E-state index in [2.05, 4.69) is 6.07 Å². The van der Waals surface area contributed by atoms with E-state index < -0.39 is 30.4 Å². The number of hydrogen-bond donors (Lipinski definition) is 0. The molecule has 3 heterocycles. The zero-order chi connectivity index (χ0) is 25.5. The van der Waals surface area contributed by atoms with Gasteiger partial charge in [0.05, 0.1) is 7.11 Å². The smallest absolute Gasteiger partial charge is 0.493 e. The van der Waals surface area contributed by atoms with Crippen molar-refractivity contribution in [2.24, 2.45) is 11.8 Å². The van der Waals surface area contributed by atoms with Crippen molar-refractivity contribution in [1.82, 2.24) is 0 Å². The highest BCUT2D eigenvalue weighted by atomic mass is 16.8. The second-order valence-corrected chi connectivity index (χ2v) is 11.5. The van der Waals surface area contributed by atoms with Crippen LogP contribution < -0.4 is 9.47 Å². The van der Waals surface area contributed by atoms with Gasteiger partial charge in [-0.1, -0.05) is 12.5 Å². The maximum atomic E-state index is 12.9. The highest BCUT2D eigenvalue weighted by molar-refractivity contribution is 5.65. The zero-order valence-corrected chi connectivity index (χ0v) is 21.7. The number of hydrogen-bond acceptors (Lipinski definition) is 9. The van der Waals surface area contributed by atoms with Gasteiger partial charge in [0, 0.05) is 18.1 Å². The maximum absolute atomic E-state index is 12.9. The second-order valence-electron chi connectivity index (χ2n) is 11.5. The summed E-state index contributed by atoms with van der Waals surface area (Å²) in [7, 11) is 3.22. The lowest BCUT2D eigenvalue weighted by molar-refractivity contribution is -0.230.